The van der Waals surface area contributed by atoms with Crippen LogP contribution in [0.1, 0.15) is 10.4 Å². The van der Waals surface area contributed by atoms with Crippen LogP contribution in [0.3, 0.4) is 0 Å². The number of anilines is 1. The first-order chi connectivity index (χ1) is 14.9. The van der Waals surface area contributed by atoms with Gasteiger partial charge in [-0.1, -0.05) is 18.2 Å². The fraction of sp³-hybridized carbons (Fsp3) is 0.190. The Labute approximate surface area is 179 Å². The van der Waals surface area contributed by atoms with E-state index in [0.717, 1.165) is 0 Å². The molecule has 1 amide bonds. The van der Waals surface area contributed by atoms with Crippen LogP contribution in [0, 0.1) is 0 Å². The SMILES string of the molecule is O=C(Nc1cnc(-c2cccc(O)c2)nc1)c1cccc(S(=O)(=O)N2CCOCC2)c1. The Kier molecular flexibility index (Phi) is 5.94. The van der Waals surface area contributed by atoms with Crippen LogP contribution in [0.15, 0.2) is 65.8 Å². The van der Waals surface area contributed by atoms with Crippen molar-refractivity contribution in [2.24, 2.45) is 0 Å². The zero-order valence-corrected chi connectivity index (χ0v) is 17.2. The molecule has 1 aliphatic heterocycles. The van der Waals surface area contributed by atoms with Crippen molar-refractivity contribution in [3.63, 3.8) is 0 Å². The normalized spacial score (nSPS) is 14.8. The first kappa shape index (κ1) is 20.9. The predicted molar refractivity (Wildman–Crippen MR) is 113 cm³/mol. The summed E-state index contributed by atoms with van der Waals surface area (Å²) in [5, 5.41) is 12.2. The van der Waals surface area contributed by atoms with E-state index in [1.165, 1.54) is 47.0 Å². The minimum Gasteiger partial charge on any atom is -0.508 e. The molecule has 2 aromatic carbocycles. The van der Waals surface area contributed by atoms with Crippen molar-refractivity contribution in [3.8, 4) is 17.1 Å². The van der Waals surface area contributed by atoms with Crippen LogP contribution in [0.5, 0.6) is 5.75 Å². The van der Waals surface area contributed by atoms with Crippen LogP contribution in [-0.2, 0) is 14.8 Å². The Morgan fingerprint density at radius 3 is 2.45 bits per heavy atom. The molecule has 2 heterocycles. The van der Waals surface area contributed by atoms with Crippen LogP contribution in [0.25, 0.3) is 11.4 Å². The number of ether oxygens (including phenoxy) is 1. The molecule has 1 saturated heterocycles. The molecule has 0 unspecified atom stereocenters. The van der Waals surface area contributed by atoms with Crippen molar-refractivity contribution in [3.05, 3.63) is 66.5 Å². The fourth-order valence-corrected chi connectivity index (χ4v) is 4.58. The number of amides is 1. The topological polar surface area (TPSA) is 122 Å². The first-order valence-corrected chi connectivity index (χ1v) is 11.0. The third kappa shape index (κ3) is 4.71. The number of carbonyl (C=O) groups excluding carboxylic acids is 1. The zero-order valence-electron chi connectivity index (χ0n) is 16.4. The lowest BCUT2D eigenvalue weighted by Gasteiger charge is -2.26. The number of carbonyl (C=O) groups is 1. The number of benzene rings is 2. The van der Waals surface area contributed by atoms with E-state index in [1.54, 1.807) is 18.2 Å². The number of hydrogen-bond donors (Lipinski definition) is 2. The van der Waals surface area contributed by atoms with Crippen LogP contribution in [-0.4, -0.2) is 60.0 Å². The molecule has 0 bridgehead atoms. The van der Waals surface area contributed by atoms with Crippen molar-refractivity contribution >= 4 is 21.6 Å². The molecule has 31 heavy (non-hydrogen) atoms. The number of sulfonamides is 1. The average Bonchev–Trinajstić information content (AvgIpc) is 2.80. The number of rotatable bonds is 5. The van der Waals surface area contributed by atoms with E-state index in [9.17, 15) is 18.3 Å². The van der Waals surface area contributed by atoms with Gasteiger partial charge in [0.25, 0.3) is 5.91 Å². The molecule has 3 aromatic rings. The summed E-state index contributed by atoms with van der Waals surface area (Å²) in [7, 11) is -3.70. The maximum Gasteiger partial charge on any atom is 0.255 e. The molecule has 1 fully saturated rings. The summed E-state index contributed by atoms with van der Waals surface area (Å²) >= 11 is 0. The number of phenolic OH excluding ortho intramolecular Hbond substituents is 1. The Balaban J connectivity index is 1.49. The van der Waals surface area contributed by atoms with Gasteiger partial charge in [-0.3, -0.25) is 4.79 Å². The van der Waals surface area contributed by atoms with E-state index in [1.807, 2.05) is 0 Å². The second kappa shape index (κ2) is 8.80. The molecule has 2 N–H and O–H groups in total. The van der Waals surface area contributed by atoms with Gasteiger partial charge in [-0.2, -0.15) is 4.31 Å². The van der Waals surface area contributed by atoms with Gasteiger partial charge in [-0.15, -0.1) is 0 Å². The van der Waals surface area contributed by atoms with Gasteiger partial charge >= 0.3 is 0 Å². The van der Waals surface area contributed by atoms with Gasteiger partial charge in [-0.05, 0) is 30.3 Å². The third-order valence-electron chi connectivity index (χ3n) is 4.72. The van der Waals surface area contributed by atoms with Gasteiger partial charge in [0.05, 0.1) is 36.2 Å². The molecular formula is C21H20N4O5S. The summed E-state index contributed by atoms with van der Waals surface area (Å²) in [6.07, 6.45) is 2.89. The molecule has 0 atom stereocenters. The van der Waals surface area contributed by atoms with Gasteiger partial charge < -0.3 is 15.2 Å². The average molecular weight is 440 g/mol. The van der Waals surface area contributed by atoms with Crippen LogP contribution in [0.4, 0.5) is 5.69 Å². The zero-order chi connectivity index (χ0) is 21.8. The molecule has 160 valence electrons. The Hall–Kier alpha value is -3.34. The highest BCUT2D eigenvalue weighted by atomic mass is 32.2. The smallest absolute Gasteiger partial charge is 0.255 e. The molecule has 1 aliphatic rings. The third-order valence-corrected chi connectivity index (χ3v) is 6.61. The second-order valence-electron chi connectivity index (χ2n) is 6.84. The number of morpholine rings is 1. The maximum atomic E-state index is 12.8. The van der Waals surface area contributed by atoms with E-state index < -0.39 is 15.9 Å². The minimum absolute atomic E-state index is 0.0533. The summed E-state index contributed by atoms with van der Waals surface area (Å²) < 4.78 is 32.2. The van der Waals surface area contributed by atoms with Crippen molar-refractivity contribution < 1.29 is 23.1 Å². The molecule has 0 radical (unpaired) electrons. The van der Waals surface area contributed by atoms with E-state index >= 15 is 0 Å². The molecule has 1 aromatic heterocycles. The summed E-state index contributed by atoms with van der Waals surface area (Å²) in [4.78, 5) is 21.1. The van der Waals surface area contributed by atoms with E-state index in [2.05, 4.69) is 15.3 Å². The molecule has 0 saturated carbocycles. The van der Waals surface area contributed by atoms with Gasteiger partial charge in [0.1, 0.15) is 5.75 Å². The lowest BCUT2D eigenvalue weighted by molar-refractivity contribution is 0.0730. The fourth-order valence-electron chi connectivity index (χ4n) is 3.12. The van der Waals surface area contributed by atoms with Crippen molar-refractivity contribution in [1.29, 1.82) is 0 Å². The second-order valence-corrected chi connectivity index (χ2v) is 8.78. The van der Waals surface area contributed by atoms with Gasteiger partial charge in [0.15, 0.2) is 5.82 Å². The molecule has 0 spiro atoms. The van der Waals surface area contributed by atoms with Crippen molar-refractivity contribution in [2.45, 2.75) is 4.90 Å². The van der Waals surface area contributed by atoms with E-state index in [4.69, 9.17) is 4.74 Å². The number of phenols is 1. The highest BCUT2D eigenvalue weighted by Gasteiger charge is 2.26. The quantitative estimate of drug-likeness (QED) is 0.623. The summed E-state index contributed by atoms with van der Waals surface area (Å²) in [6.45, 7) is 1.25. The number of aromatic hydroxyl groups is 1. The van der Waals surface area contributed by atoms with Crippen LogP contribution < -0.4 is 5.32 Å². The maximum absolute atomic E-state index is 12.8. The highest BCUT2D eigenvalue weighted by molar-refractivity contribution is 7.89. The molecular weight excluding hydrogens is 420 g/mol. The Morgan fingerprint density at radius 1 is 1.03 bits per heavy atom. The van der Waals surface area contributed by atoms with Gasteiger partial charge in [-0.25, -0.2) is 18.4 Å². The summed E-state index contributed by atoms with van der Waals surface area (Å²) in [5.74, 6) is 0.0191. The van der Waals surface area contributed by atoms with Crippen molar-refractivity contribution in [1.82, 2.24) is 14.3 Å². The number of nitrogens with zero attached hydrogens (tertiary/aromatic N) is 3. The Bertz CT molecular complexity index is 1190. The largest absolute Gasteiger partial charge is 0.508 e. The van der Waals surface area contributed by atoms with E-state index in [-0.39, 0.29) is 29.3 Å². The minimum atomic E-state index is -3.70. The lowest BCUT2D eigenvalue weighted by Crippen LogP contribution is -2.40. The highest BCUT2D eigenvalue weighted by Crippen LogP contribution is 2.21. The van der Waals surface area contributed by atoms with Gasteiger partial charge in [0, 0.05) is 24.2 Å². The number of aromatic nitrogens is 2. The molecule has 4 rings (SSSR count). The Morgan fingerprint density at radius 2 is 1.74 bits per heavy atom. The molecule has 0 aliphatic carbocycles. The number of nitrogens with one attached hydrogen (secondary N) is 1. The van der Waals surface area contributed by atoms with Gasteiger partial charge in [0.2, 0.25) is 10.0 Å². The summed E-state index contributed by atoms with van der Waals surface area (Å²) in [5.41, 5.74) is 1.20. The predicted octanol–water partition coefficient (Wildman–Crippen LogP) is 2.12. The van der Waals surface area contributed by atoms with Crippen LogP contribution in [0.2, 0.25) is 0 Å². The monoisotopic (exact) mass is 440 g/mol. The first-order valence-electron chi connectivity index (χ1n) is 9.54. The number of hydrogen-bond acceptors (Lipinski definition) is 7. The molecule has 9 nitrogen and oxygen atoms in total. The van der Waals surface area contributed by atoms with E-state index in [0.29, 0.717) is 30.3 Å². The van der Waals surface area contributed by atoms with Crippen LogP contribution >= 0.6 is 0 Å². The van der Waals surface area contributed by atoms with Crippen molar-refractivity contribution in [2.75, 3.05) is 31.6 Å². The lowest BCUT2D eigenvalue weighted by atomic mass is 10.2. The summed E-state index contributed by atoms with van der Waals surface area (Å²) in [6, 6.07) is 12.4. The standard InChI is InChI=1S/C21H20N4O5S/c26-18-5-1-3-15(11-18)20-22-13-17(14-23-20)24-21(27)16-4-2-6-19(12-16)31(28,29)25-7-9-30-10-8-25/h1-6,11-14,26H,7-10H2,(H,24,27). The molecule has 10 heteroatoms.